The number of methoxy groups -OCH3 is 2. The molecular formula is C26H28FN3O4. The summed E-state index contributed by atoms with van der Waals surface area (Å²) in [4.78, 5) is 27.7. The van der Waals surface area contributed by atoms with Gasteiger partial charge in [-0.3, -0.25) is 4.90 Å². The van der Waals surface area contributed by atoms with E-state index in [0.29, 0.717) is 23.4 Å². The van der Waals surface area contributed by atoms with E-state index >= 15 is 4.39 Å². The van der Waals surface area contributed by atoms with Crippen LogP contribution < -0.4 is 0 Å². The van der Waals surface area contributed by atoms with Gasteiger partial charge in [-0.15, -0.1) is 0 Å². The van der Waals surface area contributed by atoms with Crippen LogP contribution in [0.25, 0.3) is 16.9 Å². The number of nitrogens with zero attached hydrogens (tertiary/aromatic N) is 3. The van der Waals surface area contributed by atoms with Crippen molar-refractivity contribution in [2.45, 2.75) is 32.2 Å². The number of likely N-dealkylation sites (tertiary alicyclic amines) is 1. The first-order valence-corrected chi connectivity index (χ1v) is 11.4. The number of hydrogen-bond donors (Lipinski definition) is 0. The van der Waals surface area contributed by atoms with E-state index in [-0.39, 0.29) is 22.8 Å². The molecule has 1 aromatic heterocycles. The van der Waals surface area contributed by atoms with Gasteiger partial charge in [0.1, 0.15) is 17.1 Å². The molecule has 2 aromatic carbocycles. The average molecular weight is 466 g/mol. The minimum Gasteiger partial charge on any atom is -0.465 e. The van der Waals surface area contributed by atoms with Crippen LogP contribution in [-0.4, -0.2) is 53.9 Å². The highest BCUT2D eigenvalue weighted by molar-refractivity contribution is 6.06. The molecule has 1 aliphatic heterocycles. The quantitative estimate of drug-likeness (QED) is 0.495. The molecular weight excluding hydrogens is 437 g/mol. The lowest BCUT2D eigenvalue weighted by atomic mass is 10.0. The maximum atomic E-state index is 15.2. The molecule has 0 saturated carbocycles. The zero-order valence-electron chi connectivity index (χ0n) is 19.4. The topological polar surface area (TPSA) is 73.7 Å². The second-order valence-corrected chi connectivity index (χ2v) is 8.30. The molecule has 0 aliphatic carbocycles. The van der Waals surface area contributed by atoms with E-state index in [4.69, 9.17) is 9.47 Å². The van der Waals surface area contributed by atoms with Gasteiger partial charge >= 0.3 is 11.9 Å². The number of esters is 2. The fraction of sp³-hybridized carbons (Fsp3) is 0.346. The summed E-state index contributed by atoms with van der Waals surface area (Å²) in [5, 5.41) is 4.53. The predicted octanol–water partition coefficient (Wildman–Crippen LogP) is 4.63. The number of ether oxygens (including phenoxy) is 2. The maximum Gasteiger partial charge on any atom is 0.357 e. The average Bonchev–Trinajstić information content (AvgIpc) is 3.08. The van der Waals surface area contributed by atoms with Crippen molar-refractivity contribution < 1.29 is 23.5 Å². The van der Waals surface area contributed by atoms with Crippen molar-refractivity contribution >= 4 is 11.9 Å². The third-order valence-corrected chi connectivity index (χ3v) is 6.07. The molecule has 0 atom stereocenters. The van der Waals surface area contributed by atoms with E-state index < -0.39 is 11.9 Å². The maximum absolute atomic E-state index is 15.2. The Morgan fingerprint density at radius 3 is 2.24 bits per heavy atom. The molecule has 1 fully saturated rings. The lowest BCUT2D eigenvalue weighted by Gasteiger charge is -2.20. The fourth-order valence-corrected chi connectivity index (χ4v) is 4.31. The van der Waals surface area contributed by atoms with Gasteiger partial charge in [-0.2, -0.15) is 5.10 Å². The van der Waals surface area contributed by atoms with Crippen LogP contribution in [0.3, 0.4) is 0 Å². The summed E-state index contributed by atoms with van der Waals surface area (Å²) in [6.07, 6.45) is 4.66. The highest BCUT2D eigenvalue weighted by atomic mass is 19.1. The molecule has 0 bridgehead atoms. The summed E-state index contributed by atoms with van der Waals surface area (Å²) in [6.45, 7) is 2.44. The lowest BCUT2D eigenvalue weighted by molar-refractivity contribution is 0.0549. The Kier molecular flexibility index (Phi) is 7.37. The zero-order valence-corrected chi connectivity index (χ0v) is 19.4. The Hall–Kier alpha value is -3.52. The Labute approximate surface area is 198 Å². The van der Waals surface area contributed by atoms with Crippen LogP contribution in [0, 0.1) is 5.82 Å². The van der Waals surface area contributed by atoms with Crippen LogP contribution in [0.1, 0.15) is 52.1 Å². The van der Waals surface area contributed by atoms with E-state index in [1.54, 1.807) is 36.4 Å². The van der Waals surface area contributed by atoms with Crippen molar-refractivity contribution in [2.75, 3.05) is 27.3 Å². The fourth-order valence-electron chi connectivity index (χ4n) is 4.31. The molecule has 1 saturated heterocycles. The third-order valence-electron chi connectivity index (χ3n) is 6.07. The first kappa shape index (κ1) is 23.6. The molecule has 34 heavy (non-hydrogen) atoms. The third kappa shape index (κ3) is 4.87. The zero-order chi connectivity index (χ0) is 24.1. The Balaban J connectivity index is 1.79. The molecule has 1 aliphatic rings. The number of rotatable bonds is 6. The van der Waals surface area contributed by atoms with Gasteiger partial charge in [-0.25, -0.2) is 18.7 Å². The minimum atomic E-state index is -0.758. The van der Waals surface area contributed by atoms with Crippen molar-refractivity contribution in [3.8, 4) is 16.9 Å². The molecule has 4 rings (SSSR count). The summed E-state index contributed by atoms with van der Waals surface area (Å²) in [7, 11) is 2.45. The van der Waals surface area contributed by atoms with Crippen LogP contribution >= 0.6 is 0 Å². The van der Waals surface area contributed by atoms with Crippen molar-refractivity contribution in [2.24, 2.45) is 0 Å². The summed E-state index contributed by atoms with van der Waals surface area (Å²) in [6, 6.07) is 13.7. The number of aromatic nitrogens is 2. The highest BCUT2D eigenvalue weighted by Gasteiger charge is 2.31. The summed E-state index contributed by atoms with van der Waals surface area (Å²) in [5.74, 6) is -1.89. The summed E-state index contributed by atoms with van der Waals surface area (Å²) >= 11 is 0. The molecule has 0 unspecified atom stereocenters. The van der Waals surface area contributed by atoms with Crippen molar-refractivity contribution in [3.63, 3.8) is 0 Å². The van der Waals surface area contributed by atoms with Gasteiger partial charge in [-0.1, -0.05) is 43.2 Å². The molecule has 0 spiro atoms. The first-order valence-electron chi connectivity index (χ1n) is 11.4. The van der Waals surface area contributed by atoms with Gasteiger partial charge in [0.05, 0.1) is 19.9 Å². The smallest absolute Gasteiger partial charge is 0.357 e. The molecule has 178 valence electrons. The molecule has 0 N–H and O–H groups in total. The van der Waals surface area contributed by atoms with Crippen LogP contribution in [0.4, 0.5) is 4.39 Å². The van der Waals surface area contributed by atoms with Crippen molar-refractivity contribution in [1.82, 2.24) is 14.7 Å². The number of hydrogen-bond acceptors (Lipinski definition) is 6. The van der Waals surface area contributed by atoms with Gasteiger partial charge in [0, 0.05) is 17.7 Å². The van der Waals surface area contributed by atoms with E-state index in [1.165, 1.54) is 37.8 Å². The molecule has 2 heterocycles. The Bertz CT molecular complexity index is 1170. The van der Waals surface area contributed by atoms with Crippen LogP contribution in [0.2, 0.25) is 0 Å². The van der Waals surface area contributed by atoms with E-state index in [1.807, 2.05) is 6.07 Å². The van der Waals surface area contributed by atoms with E-state index in [9.17, 15) is 9.59 Å². The van der Waals surface area contributed by atoms with Gasteiger partial charge in [-0.05, 0) is 44.1 Å². The molecule has 8 heteroatoms. The molecule has 0 radical (unpaired) electrons. The van der Waals surface area contributed by atoms with Crippen molar-refractivity contribution in [1.29, 1.82) is 0 Å². The SMILES string of the molecule is COC(=O)c1c(-c2ccc(CN3CCCCCC3)c(F)c2)nn(-c2ccccc2)c1C(=O)OC. The number of halogens is 1. The number of carbonyl (C=O) groups is 2. The van der Waals surface area contributed by atoms with Gasteiger partial charge in [0.2, 0.25) is 0 Å². The summed E-state index contributed by atoms with van der Waals surface area (Å²) < 4.78 is 26.4. The lowest BCUT2D eigenvalue weighted by Crippen LogP contribution is -2.24. The Morgan fingerprint density at radius 2 is 1.62 bits per heavy atom. The first-order chi connectivity index (χ1) is 16.5. The van der Waals surface area contributed by atoms with E-state index in [0.717, 1.165) is 25.9 Å². The molecule has 0 amide bonds. The second-order valence-electron chi connectivity index (χ2n) is 8.30. The minimum absolute atomic E-state index is 0.0714. The number of benzene rings is 2. The normalized spacial score (nSPS) is 14.4. The van der Waals surface area contributed by atoms with Crippen LogP contribution in [0.5, 0.6) is 0 Å². The monoisotopic (exact) mass is 465 g/mol. The number of carbonyl (C=O) groups excluding carboxylic acids is 2. The predicted molar refractivity (Wildman–Crippen MR) is 125 cm³/mol. The van der Waals surface area contributed by atoms with Gasteiger partial charge in [0.25, 0.3) is 0 Å². The highest BCUT2D eigenvalue weighted by Crippen LogP contribution is 2.30. The molecule has 3 aromatic rings. The van der Waals surface area contributed by atoms with Gasteiger partial charge in [0.15, 0.2) is 5.69 Å². The van der Waals surface area contributed by atoms with Gasteiger partial charge < -0.3 is 9.47 Å². The van der Waals surface area contributed by atoms with Crippen molar-refractivity contribution in [3.05, 3.63) is 71.2 Å². The standard InChI is InChI=1S/C26H28FN3O4/c1-33-25(31)22-23(28-30(24(22)26(32)34-2)20-10-6-5-7-11-20)18-12-13-19(21(27)16-18)17-29-14-8-3-4-9-15-29/h5-7,10-13,16H,3-4,8-9,14-15,17H2,1-2H3. The second kappa shape index (κ2) is 10.6. The summed E-state index contributed by atoms with van der Waals surface area (Å²) in [5.41, 5.74) is 1.51. The largest absolute Gasteiger partial charge is 0.465 e. The van der Waals surface area contributed by atoms with E-state index in [2.05, 4.69) is 10.00 Å². The van der Waals surface area contributed by atoms with Crippen LogP contribution in [-0.2, 0) is 16.0 Å². The number of para-hydroxylation sites is 1. The molecule has 7 nitrogen and oxygen atoms in total. The Morgan fingerprint density at radius 1 is 0.941 bits per heavy atom. The van der Waals surface area contributed by atoms with Crippen LogP contribution in [0.15, 0.2) is 48.5 Å².